The summed E-state index contributed by atoms with van der Waals surface area (Å²) in [6.45, 7) is 9.54. The number of aromatic nitrogens is 3. The van der Waals surface area contributed by atoms with Crippen LogP contribution >= 0.6 is 11.8 Å². The van der Waals surface area contributed by atoms with Crippen molar-refractivity contribution in [3.05, 3.63) is 72.8 Å². The maximum atomic E-state index is 13.1. The highest BCUT2D eigenvalue weighted by Gasteiger charge is 2.24. The van der Waals surface area contributed by atoms with Crippen LogP contribution in [0.1, 0.15) is 19.4 Å². The van der Waals surface area contributed by atoms with Crippen molar-refractivity contribution in [3.63, 3.8) is 0 Å². The Morgan fingerprint density at radius 3 is 2.58 bits per heavy atom. The highest BCUT2D eigenvalue weighted by atomic mass is 32.2. The second kappa shape index (κ2) is 10.8. The molecule has 1 atom stereocenters. The van der Waals surface area contributed by atoms with Crippen molar-refractivity contribution < 1.29 is 9.53 Å². The largest absolute Gasteiger partial charge is 0.496 e. The zero-order valence-electron chi connectivity index (χ0n) is 18.2. The van der Waals surface area contributed by atoms with Crippen molar-refractivity contribution in [3.8, 4) is 17.1 Å². The predicted molar refractivity (Wildman–Crippen MR) is 125 cm³/mol. The number of ether oxygens (including phenoxy) is 1. The number of carbonyl (C=O) groups excluding carboxylic acids is 1. The number of para-hydroxylation sites is 1. The smallest absolute Gasteiger partial charge is 0.236 e. The fourth-order valence-corrected chi connectivity index (χ4v) is 4.26. The van der Waals surface area contributed by atoms with Crippen molar-refractivity contribution in [2.24, 2.45) is 0 Å². The first-order valence-corrected chi connectivity index (χ1v) is 11.1. The Bertz CT molecular complexity index is 1020. The molecule has 1 heterocycles. The Hall–Kier alpha value is -3.06. The molecule has 0 saturated carbocycles. The SMILES string of the molecule is C=CCn1c(SC(C)C(=O)N(CC)Cc2ccccc2)nnc1-c1ccccc1OC. The van der Waals surface area contributed by atoms with E-state index >= 15 is 0 Å². The Morgan fingerprint density at radius 2 is 1.90 bits per heavy atom. The van der Waals surface area contributed by atoms with Gasteiger partial charge in [0.15, 0.2) is 11.0 Å². The van der Waals surface area contributed by atoms with Gasteiger partial charge in [-0.05, 0) is 31.5 Å². The van der Waals surface area contributed by atoms with E-state index in [2.05, 4.69) is 16.8 Å². The van der Waals surface area contributed by atoms with E-state index in [9.17, 15) is 4.79 Å². The van der Waals surface area contributed by atoms with Gasteiger partial charge in [0.2, 0.25) is 5.91 Å². The molecule has 0 N–H and O–H groups in total. The number of carbonyl (C=O) groups is 1. The molecular formula is C24H28N4O2S. The molecule has 1 unspecified atom stereocenters. The molecule has 0 aliphatic rings. The Labute approximate surface area is 187 Å². The third-order valence-corrected chi connectivity index (χ3v) is 5.98. The molecular weight excluding hydrogens is 408 g/mol. The first kappa shape index (κ1) is 22.6. The van der Waals surface area contributed by atoms with Gasteiger partial charge < -0.3 is 9.64 Å². The maximum Gasteiger partial charge on any atom is 0.236 e. The van der Waals surface area contributed by atoms with Crippen LogP contribution in [0.3, 0.4) is 0 Å². The Morgan fingerprint density at radius 1 is 1.19 bits per heavy atom. The van der Waals surface area contributed by atoms with Gasteiger partial charge in [-0.25, -0.2) is 0 Å². The highest BCUT2D eigenvalue weighted by molar-refractivity contribution is 8.00. The monoisotopic (exact) mass is 436 g/mol. The van der Waals surface area contributed by atoms with Crippen LogP contribution in [0, 0.1) is 0 Å². The van der Waals surface area contributed by atoms with E-state index in [4.69, 9.17) is 4.74 Å². The van der Waals surface area contributed by atoms with E-state index in [1.54, 1.807) is 13.2 Å². The fourth-order valence-electron chi connectivity index (χ4n) is 3.31. The van der Waals surface area contributed by atoms with Crippen molar-refractivity contribution in [2.45, 2.75) is 37.3 Å². The maximum absolute atomic E-state index is 13.1. The molecule has 3 aromatic rings. The number of thioether (sulfide) groups is 1. The van der Waals surface area contributed by atoms with Crippen LogP contribution in [0.25, 0.3) is 11.4 Å². The Balaban J connectivity index is 1.82. The summed E-state index contributed by atoms with van der Waals surface area (Å²) in [5, 5.41) is 9.15. The van der Waals surface area contributed by atoms with Gasteiger partial charge in [-0.2, -0.15) is 0 Å². The third-order valence-electron chi connectivity index (χ3n) is 4.92. The van der Waals surface area contributed by atoms with E-state index in [1.165, 1.54) is 11.8 Å². The lowest BCUT2D eigenvalue weighted by Gasteiger charge is -2.24. The number of hydrogen-bond donors (Lipinski definition) is 0. The molecule has 6 nitrogen and oxygen atoms in total. The van der Waals surface area contributed by atoms with E-state index in [1.807, 2.05) is 77.9 Å². The number of amides is 1. The van der Waals surface area contributed by atoms with Crippen LogP contribution in [0.5, 0.6) is 5.75 Å². The van der Waals surface area contributed by atoms with Gasteiger partial charge in [0.05, 0.1) is 17.9 Å². The first-order valence-electron chi connectivity index (χ1n) is 10.3. The van der Waals surface area contributed by atoms with E-state index in [0.29, 0.717) is 30.6 Å². The molecule has 0 aliphatic carbocycles. The number of nitrogens with zero attached hydrogens (tertiary/aromatic N) is 4. The number of benzene rings is 2. The number of allylic oxidation sites excluding steroid dienone is 1. The molecule has 162 valence electrons. The summed E-state index contributed by atoms with van der Waals surface area (Å²) < 4.78 is 7.45. The van der Waals surface area contributed by atoms with Gasteiger partial charge in [0, 0.05) is 19.6 Å². The van der Waals surface area contributed by atoms with Gasteiger partial charge in [0.25, 0.3) is 0 Å². The zero-order valence-corrected chi connectivity index (χ0v) is 19.0. The van der Waals surface area contributed by atoms with Gasteiger partial charge in [-0.1, -0.05) is 60.3 Å². The molecule has 31 heavy (non-hydrogen) atoms. The normalized spacial score (nSPS) is 11.7. The Kier molecular flexibility index (Phi) is 7.89. The molecule has 7 heteroatoms. The van der Waals surface area contributed by atoms with Crippen LogP contribution in [-0.2, 0) is 17.9 Å². The fraction of sp³-hybridized carbons (Fsp3) is 0.292. The minimum atomic E-state index is -0.304. The second-order valence-corrected chi connectivity index (χ2v) is 8.31. The van der Waals surface area contributed by atoms with Crippen LogP contribution < -0.4 is 4.74 Å². The zero-order chi connectivity index (χ0) is 22.2. The van der Waals surface area contributed by atoms with E-state index < -0.39 is 0 Å². The minimum absolute atomic E-state index is 0.0725. The molecule has 0 aliphatic heterocycles. The summed E-state index contributed by atoms with van der Waals surface area (Å²) in [6.07, 6.45) is 1.80. The molecule has 2 aromatic carbocycles. The van der Waals surface area contributed by atoms with Gasteiger partial charge in [0.1, 0.15) is 5.75 Å². The number of methoxy groups -OCH3 is 1. The molecule has 1 amide bonds. The van der Waals surface area contributed by atoms with Crippen molar-refractivity contribution in [1.29, 1.82) is 0 Å². The summed E-state index contributed by atoms with van der Waals surface area (Å²) in [5.41, 5.74) is 1.97. The van der Waals surface area contributed by atoms with Crippen LogP contribution in [0.4, 0.5) is 0 Å². The van der Waals surface area contributed by atoms with Crippen LogP contribution in [0.2, 0.25) is 0 Å². The van der Waals surface area contributed by atoms with Crippen molar-refractivity contribution in [1.82, 2.24) is 19.7 Å². The van der Waals surface area contributed by atoms with Crippen molar-refractivity contribution in [2.75, 3.05) is 13.7 Å². The second-order valence-electron chi connectivity index (χ2n) is 7.00. The van der Waals surface area contributed by atoms with Gasteiger partial charge >= 0.3 is 0 Å². The lowest BCUT2D eigenvalue weighted by atomic mass is 10.2. The molecule has 0 radical (unpaired) electrons. The topological polar surface area (TPSA) is 60.2 Å². The van der Waals surface area contributed by atoms with Gasteiger partial charge in [-0.3, -0.25) is 9.36 Å². The first-order chi connectivity index (χ1) is 15.1. The molecule has 0 spiro atoms. The summed E-state index contributed by atoms with van der Waals surface area (Å²) in [6, 6.07) is 17.7. The number of hydrogen-bond acceptors (Lipinski definition) is 5. The quantitative estimate of drug-likeness (QED) is 0.341. The molecule has 3 rings (SSSR count). The molecule has 0 saturated heterocycles. The summed E-state index contributed by atoms with van der Waals surface area (Å²) in [4.78, 5) is 15.0. The number of rotatable bonds is 10. The van der Waals surface area contributed by atoms with E-state index in [0.717, 1.165) is 16.9 Å². The summed E-state index contributed by atoms with van der Waals surface area (Å²) >= 11 is 1.41. The van der Waals surface area contributed by atoms with E-state index in [-0.39, 0.29) is 11.2 Å². The highest BCUT2D eigenvalue weighted by Crippen LogP contribution is 2.32. The standard InChI is InChI=1S/C24H28N4O2S/c1-5-16-28-22(20-14-10-11-15-21(20)30-4)25-26-24(28)31-18(3)23(29)27(6-2)17-19-12-8-7-9-13-19/h5,7-15,18H,1,6,16-17H2,2-4H3. The average molecular weight is 437 g/mol. The molecule has 0 bridgehead atoms. The average Bonchev–Trinajstić information content (AvgIpc) is 3.19. The minimum Gasteiger partial charge on any atom is -0.496 e. The molecule has 1 aromatic heterocycles. The summed E-state index contributed by atoms with van der Waals surface area (Å²) in [5.74, 6) is 1.49. The predicted octanol–water partition coefficient (Wildman–Crippen LogP) is 4.67. The lowest BCUT2D eigenvalue weighted by Crippen LogP contribution is -2.36. The molecule has 0 fully saturated rings. The third kappa shape index (κ3) is 5.35. The van der Waals surface area contributed by atoms with Crippen LogP contribution in [0.15, 0.2) is 72.4 Å². The lowest BCUT2D eigenvalue weighted by molar-refractivity contribution is -0.130. The van der Waals surface area contributed by atoms with Crippen LogP contribution in [-0.4, -0.2) is 44.5 Å². The van der Waals surface area contributed by atoms with Gasteiger partial charge in [-0.15, -0.1) is 16.8 Å². The van der Waals surface area contributed by atoms with Crippen molar-refractivity contribution >= 4 is 17.7 Å². The summed E-state index contributed by atoms with van der Waals surface area (Å²) in [7, 11) is 1.63.